The molecule has 0 unspecified atom stereocenters. The Morgan fingerprint density at radius 2 is 2.07 bits per heavy atom. The van der Waals surface area contributed by atoms with Crippen molar-refractivity contribution in [2.24, 2.45) is 0 Å². The van der Waals surface area contributed by atoms with Gasteiger partial charge in [0.15, 0.2) is 6.10 Å². The molecule has 2 aromatic rings. The van der Waals surface area contributed by atoms with E-state index in [1.54, 1.807) is 19.5 Å². The highest BCUT2D eigenvalue weighted by molar-refractivity contribution is 5.91. The van der Waals surface area contributed by atoms with Gasteiger partial charge in [-0.15, -0.1) is 0 Å². The number of hydrogen-bond donors (Lipinski definition) is 1. The zero-order chi connectivity index (χ0) is 21.5. The molecule has 0 aromatic carbocycles. The van der Waals surface area contributed by atoms with Gasteiger partial charge in [0.1, 0.15) is 11.5 Å². The van der Waals surface area contributed by atoms with Crippen LogP contribution in [-0.4, -0.2) is 17.2 Å². The Kier molecular flexibility index (Phi) is 7.17. The minimum absolute atomic E-state index is 0.0416. The number of aryl methyl sites for hydroxylation is 1. The van der Waals surface area contributed by atoms with E-state index in [-0.39, 0.29) is 5.76 Å². The summed E-state index contributed by atoms with van der Waals surface area (Å²) >= 11 is 0. The Bertz CT molecular complexity index is 983. The summed E-state index contributed by atoms with van der Waals surface area (Å²) in [4.78, 5) is 11.5. The first-order valence-corrected chi connectivity index (χ1v) is 10.1. The van der Waals surface area contributed by atoms with E-state index in [2.05, 4.69) is 19.1 Å². The van der Waals surface area contributed by atoms with Crippen molar-refractivity contribution in [3.05, 3.63) is 94.6 Å². The summed E-state index contributed by atoms with van der Waals surface area (Å²) in [6.07, 6.45) is 15.9. The summed E-state index contributed by atoms with van der Waals surface area (Å²) in [5, 5.41) is 9.92. The fourth-order valence-corrected chi connectivity index (χ4v) is 3.26. The van der Waals surface area contributed by atoms with Crippen molar-refractivity contribution < 1.29 is 23.5 Å². The second-order valence-corrected chi connectivity index (χ2v) is 7.70. The van der Waals surface area contributed by atoms with Gasteiger partial charge in [-0.05, 0) is 56.9 Å². The molecule has 0 saturated heterocycles. The SMILES string of the molecule is CC(C=CC=C(C)C[C@H]1OC(=O)C(C)=C1O)=CCCc1coc(Cc2ccoc2)c1. The maximum absolute atomic E-state index is 11.5. The number of allylic oxidation sites excluding steroid dienone is 5. The molecule has 1 aliphatic rings. The molecule has 1 atom stereocenters. The summed E-state index contributed by atoms with van der Waals surface area (Å²) < 4.78 is 15.9. The van der Waals surface area contributed by atoms with Gasteiger partial charge in [0.25, 0.3) is 0 Å². The molecule has 0 saturated carbocycles. The highest BCUT2D eigenvalue weighted by atomic mass is 16.6. The smallest absolute Gasteiger partial charge is 0.338 e. The van der Waals surface area contributed by atoms with Crippen LogP contribution in [0.5, 0.6) is 0 Å². The molecule has 0 spiro atoms. The molecule has 0 aliphatic carbocycles. The minimum Gasteiger partial charge on any atom is -0.508 e. The molecule has 0 fully saturated rings. The van der Waals surface area contributed by atoms with Crippen molar-refractivity contribution in [3.8, 4) is 0 Å². The fourth-order valence-electron chi connectivity index (χ4n) is 3.26. The topological polar surface area (TPSA) is 72.8 Å². The Morgan fingerprint density at radius 1 is 1.23 bits per heavy atom. The molecule has 1 aliphatic heterocycles. The van der Waals surface area contributed by atoms with Crippen molar-refractivity contribution in [1.82, 2.24) is 0 Å². The molecule has 30 heavy (non-hydrogen) atoms. The van der Waals surface area contributed by atoms with Gasteiger partial charge in [-0.2, -0.15) is 0 Å². The lowest BCUT2D eigenvalue weighted by Gasteiger charge is -2.10. The number of hydrogen-bond acceptors (Lipinski definition) is 5. The Morgan fingerprint density at radius 3 is 2.77 bits per heavy atom. The van der Waals surface area contributed by atoms with Gasteiger partial charge in [0.2, 0.25) is 0 Å². The lowest BCUT2D eigenvalue weighted by molar-refractivity contribution is -0.140. The first-order chi connectivity index (χ1) is 14.4. The Balaban J connectivity index is 1.43. The van der Waals surface area contributed by atoms with Crippen LogP contribution in [0.4, 0.5) is 0 Å². The van der Waals surface area contributed by atoms with Crippen LogP contribution in [0.3, 0.4) is 0 Å². The van der Waals surface area contributed by atoms with Gasteiger partial charge in [0.05, 0.1) is 24.4 Å². The summed E-state index contributed by atoms with van der Waals surface area (Å²) in [7, 11) is 0. The summed E-state index contributed by atoms with van der Waals surface area (Å²) in [6, 6.07) is 4.04. The minimum atomic E-state index is -0.563. The van der Waals surface area contributed by atoms with Crippen molar-refractivity contribution >= 4 is 5.97 Å². The van der Waals surface area contributed by atoms with Crippen LogP contribution >= 0.6 is 0 Å². The molecule has 3 heterocycles. The number of aliphatic hydroxyl groups excluding tert-OH is 1. The van der Waals surface area contributed by atoms with Crippen LogP contribution in [0, 0.1) is 0 Å². The summed E-state index contributed by atoms with van der Waals surface area (Å²) in [6.45, 7) is 5.60. The predicted molar refractivity (Wildman–Crippen MR) is 115 cm³/mol. The second-order valence-electron chi connectivity index (χ2n) is 7.70. The van der Waals surface area contributed by atoms with E-state index in [1.807, 2.05) is 37.5 Å². The fraction of sp³-hybridized carbons (Fsp3) is 0.320. The third kappa shape index (κ3) is 5.89. The van der Waals surface area contributed by atoms with Crippen molar-refractivity contribution in [2.45, 2.75) is 52.6 Å². The molecular formula is C25H28O5. The predicted octanol–water partition coefficient (Wildman–Crippen LogP) is 5.99. The standard InChI is InChI=1S/C25H28O5/c1-17(6-4-8-18(2)12-23-24(26)19(3)25(27)30-23)7-5-9-20-13-22(29-16-20)14-21-10-11-28-15-21/h4,6-8,10-11,13,15-16,23,26H,5,9,12,14H2,1-3H3/t23-/m1/s1. The number of furan rings is 2. The van der Waals surface area contributed by atoms with Crippen molar-refractivity contribution in [2.75, 3.05) is 0 Å². The van der Waals surface area contributed by atoms with Crippen molar-refractivity contribution in [1.29, 1.82) is 0 Å². The van der Waals surface area contributed by atoms with Crippen LogP contribution in [0.25, 0.3) is 0 Å². The average Bonchev–Trinajstić information content (AvgIpc) is 3.43. The highest BCUT2D eigenvalue weighted by Crippen LogP contribution is 2.25. The van der Waals surface area contributed by atoms with Gasteiger partial charge in [-0.25, -0.2) is 4.79 Å². The normalized spacial score (nSPS) is 18.0. The largest absolute Gasteiger partial charge is 0.508 e. The van der Waals surface area contributed by atoms with Crippen LogP contribution in [-0.2, 0) is 22.4 Å². The number of esters is 1. The van der Waals surface area contributed by atoms with Gasteiger partial charge >= 0.3 is 5.97 Å². The number of ether oxygens (including phenoxy) is 1. The lowest BCUT2D eigenvalue weighted by atomic mass is 10.1. The maximum atomic E-state index is 11.5. The monoisotopic (exact) mass is 408 g/mol. The van der Waals surface area contributed by atoms with Gasteiger partial charge in [-0.1, -0.05) is 35.5 Å². The van der Waals surface area contributed by atoms with Crippen molar-refractivity contribution in [3.63, 3.8) is 0 Å². The first-order valence-electron chi connectivity index (χ1n) is 10.1. The molecule has 0 amide bonds. The van der Waals surface area contributed by atoms with Gasteiger partial charge in [-0.3, -0.25) is 0 Å². The van der Waals surface area contributed by atoms with Gasteiger partial charge in [0, 0.05) is 12.8 Å². The van der Waals surface area contributed by atoms with Crippen LogP contribution < -0.4 is 0 Å². The summed E-state index contributed by atoms with van der Waals surface area (Å²) in [5.74, 6) is 0.544. The first kappa shape index (κ1) is 21.5. The maximum Gasteiger partial charge on any atom is 0.338 e. The number of rotatable bonds is 9. The van der Waals surface area contributed by atoms with Crippen LogP contribution in [0.2, 0.25) is 0 Å². The summed E-state index contributed by atoms with van der Waals surface area (Å²) in [5.41, 5.74) is 4.79. The molecule has 0 bridgehead atoms. The van der Waals surface area contributed by atoms with E-state index in [1.165, 1.54) is 11.1 Å². The van der Waals surface area contributed by atoms with E-state index < -0.39 is 12.1 Å². The second kappa shape index (κ2) is 10.0. The molecule has 5 heteroatoms. The molecule has 2 aromatic heterocycles. The Labute approximate surface area is 177 Å². The Hall–Kier alpha value is -3.21. The molecule has 5 nitrogen and oxygen atoms in total. The number of aliphatic hydroxyl groups is 1. The van der Waals surface area contributed by atoms with E-state index in [0.717, 1.165) is 36.2 Å². The quantitative estimate of drug-likeness (QED) is 0.407. The van der Waals surface area contributed by atoms with E-state index >= 15 is 0 Å². The zero-order valence-electron chi connectivity index (χ0n) is 17.7. The average molecular weight is 408 g/mol. The third-order valence-electron chi connectivity index (χ3n) is 5.06. The third-order valence-corrected chi connectivity index (χ3v) is 5.06. The number of carbonyl (C=O) groups excluding carboxylic acids is 1. The van der Waals surface area contributed by atoms with Crippen LogP contribution in [0.1, 0.15) is 50.5 Å². The zero-order valence-corrected chi connectivity index (χ0v) is 17.7. The van der Waals surface area contributed by atoms with E-state index in [9.17, 15) is 9.90 Å². The lowest BCUT2D eigenvalue weighted by Crippen LogP contribution is -2.11. The van der Waals surface area contributed by atoms with E-state index in [0.29, 0.717) is 12.0 Å². The molecule has 158 valence electrons. The molecule has 0 radical (unpaired) electrons. The number of cyclic esters (lactones) is 1. The molecular weight excluding hydrogens is 380 g/mol. The number of carbonyl (C=O) groups is 1. The van der Waals surface area contributed by atoms with Crippen LogP contribution in [0.15, 0.2) is 86.5 Å². The van der Waals surface area contributed by atoms with Gasteiger partial charge < -0.3 is 18.7 Å². The van der Waals surface area contributed by atoms with E-state index in [4.69, 9.17) is 13.6 Å². The highest BCUT2D eigenvalue weighted by Gasteiger charge is 2.31. The molecule has 1 N–H and O–H groups in total. The molecule has 3 rings (SSSR count).